The molecule has 0 radical (unpaired) electrons. The van der Waals surface area contributed by atoms with Crippen molar-refractivity contribution in [2.45, 2.75) is 17.7 Å². The molecular weight excluding hydrogens is 304 g/mol. The average Bonchev–Trinajstić information content (AvgIpc) is 2.30. The molecule has 1 aromatic rings. The molecular formula is C12H15BrO3S. The molecule has 1 aliphatic rings. The highest BCUT2D eigenvalue weighted by Gasteiger charge is 2.23. The van der Waals surface area contributed by atoms with Crippen molar-refractivity contribution in [2.24, 2.45) is 5.92 Å². The van der Waals surface area contributed by atoms with Crippen LogP contribution in [-0.4, -0.2) is 27.4 Å². The van der Waals surface area contributed by atoms with Crippen LogP contribution in [-0.2, 0) is 14.6 Å². The predicted molar refractivity (Wildman–Crippen MR) is 69.7 cm³/mol. The number of hydrogen-bond donors (Lipinski definition) is 0. The van der Waals surface area contributed by atoms with E-state index in [2.05, 4.69) is 15.9 Å². The van der Waals surface area contributed by atoms with Crippen LogP contribution in [0.2, 0.25) is 0 Å². The first-order valence-corrected chi connectivity index (χ1v) is 8.08. The molecule has 0 saturated carbocycles. The number of benzene rings is 1. The van der Waals surface area contributed by atoms with Gasteiger partial charge in [0.25, 0.3) is 0 Å². The summed E-state index contributed by atoms with van der Waals surface area (Å²) >= 11 is 3.30. The summed E-state index contributed by atoms with van der Waals surface area (Å²) in [6.45, 7) is 1.36. The van der Waals surface area contributed by atoms with Crippen molar-refractivity contribution in [3.8, 4) is 0 Å². The van der Waals surface area contributed by atoms with Gasteiger partial charge in [0.1, 0.15) is 0 Å². The minimum atomic E-state index is -3.17. The number of ether oxygens (including phenoxy) is 1. The van der Waals surface area contributed by atoms with Gasteiger partial charge < -0.3 is 4.74 Å². The normalized spacial score (nSPS) is 18.2. The van der Waals surface area contributed by atoms with E-state index in [1.807, 2.05) is 6.07 Å². The summed E-state index contributed by atoms with van der Waals surface area (Å²) in [4.78, 5) is 0.401. The summed E-state index contributed by atoms with van der Waals surface area (Å²) < 4.78 is 30.4. The highest BCUT2D eigenvalue weighted by atomic mass is 79.9. The second-order valence-corrected chi connectivity index (χ2v) is 7.24. The first-order chi connectivity index (χ1) is 8.08. The standard InChI is InChI=1S/C12H15BrO3S/c13-11-2-1-3-12(8-11)17(14,15)9-10-4-6-16-7-5-10/h1-3,8,10H,4-7,9H2. The van der Waals surface area contributed by atoms with E-state index in [9.17, 15) is 8.42 Å². The first-order valence-electron chi connectivity index (χ1n) is 5.64. The van der Waals surface area contributed by atoms with Crippen molar-refractivity contribution in [3.05, 3.63) is 28.7 Å². The summed E-state index contributed by atoms with van der Waals surface area (Å²) in [6.07, 6.45) is 1.68. The summed E-state index contributed by atoms with van der Waals surface area (Å²) in [7, 11) is -3.17. The highest BCUT2D eigenvalue weighted by Crippen LogP contribution is 2.23. The zero-order valence-electron chi connectivity index (χ0n) is 9.43. The van der Waals surface area contributed by atoms with E-state index < -0.39 is 9.84 Å². The van der Waals surface area contributed by atoms with Gasteiger partial charge in [0.2, 0.25) is 0 Å². The van der Waals surface area contributed by atoms with Crippen molar-refractivity contribution in [2.75, 3.05) is 19.0 Å². The molecule has 3 nitrogen and oxygen atoms in total. The minimum absolute atomic E-state index is 0.229. The molecule has 17 heavy (non-hydrogen) atoms. The predicted octanol–water partition coefficient (Wildman–Crippen LogP) is 2.65. The number of rotatable bonds is 3. The third-order valence-electron chi connectivity index (χ3n) is 2.95. The zero-order chi connectivity index (χ0) is 12.3. The Morgan fingerprint density at radius 1 is 1.29 bits per heavy atom. The van der Waals surface area contributed by atoms with Gasteiger partial charge in [-0.15, -0.1) is 0 Å². The Labute approximate surface area is 110 Å². The highest BCUT2D eigenvalue weighted by molar-refractivity contribution is 9.10. The van der Waals surface area contributed by atoms with Gasteiger partial charge in [0, 0.05) is 17.7 Å². The Balaban J connectivity index is 2.13. The topological polar surface area (TPSA) is 43.4 Å². The van der Waals surface area contributed by atoms with Gasteiger partial charge in [0.05, 0.1) is 10.6 Å². The van der Waals surface area contributed by atoms with Crippen molar-refractivity contribution in [1.82, 2.24) is 0 Å². The average molecular weight is 319 g/mol. The van der Waals surface area contributed by atoms with Crippen LogP contribution in [0.1, 0.15) is 12.8 Å². The number of halogens is 1. The molecule has 0 spiro atoms. The van der Waals surface area contributed by atoms with Gasteiger partial charge in [-0.05, 0) is 37.0 Å². The van der Waals surface area contributed by atoms with Crippen LogP contribution in [0.3, 0.4) is 0 Å². The second kappa shape index (κ2) is 5.50. The second-order valence-electron chi connectivity index (χ2n) is 4.29. The van der Waals surface area contributed by atoms with E-state index in [1.54, 1.807) is 18.2 Å². The Kier molecular flexibility index (Phi) is 4.22. The van der Waals surface area contributed by atoms with Crippen LogP contribution in [0.25, 0.3) is 0 Å². The van der Waals surface area contributed by atoms with Crippen LogP contribution in [0.5, 0.6) is 0 Å². The zero-order valence-corrected chi connectivity index (χ0v) is 11.8. The fourth-order valence-electron chi connectivity index (χ4n) is 1.98. The van der Waals surface area contributed by atoms with Crippen molar-refractivity contribution in [3.63, 3.8) is 0 Å². The van der Waals surface area contributed by atoms with E-state index in [4.69, 9.17) is 4.74 Å². The quantitative estimate of drug-likeness (QED) is 0.860. The molecule has 0 bridgehead atoms. The van der Waals surface area contributed by atoms with Crippen LogP contribution < -0.4 is 0 Å². The molecule has 1 aromatic carbocycles. The monoisotopic (exact) mass is 318 g/mol. The van der Waals surface area contributed by atoms with Gasteiger partial charge in [-0.3, -0.25) is 0 Å². The van der Waals surface area contributed by atoms with E-state index in [-0.39, 0.29) is 11.7 Å². The Morgan fingerprint density at radius 2 is 2.00 bits per heavy atom. The first kappa shape index (κ1) is 13.1. The maximum absolute atomic E-state index is 12.2. The van der Waals surface area contributed by atoms with Gasteiger partial charge in [0.15, 0.2) is 9.84 Å². The molecule has 5 heteroatoms. The molecule has 0 N–H and O–H groups in total. The van der Waals surface area contributed by atoms with E-state index in [0.717, 1.165) is 17.3 Å². The maximum Gasteiger partial charge on any atom is 0.178 e. The fraction of sp³-hybridized carbons (Fsp3) is 0.500. The van der Waals surface area contributed by atoms with Crippen LogP contribution in [0.4, 0.5) is 0 Å². The van der Waals surface area contributed by atoms with Gasteiger partial charge in [-0.2, -0.15) is 0 Å². The molecule has 0 aromatic heterocycles. The van der Waals surface area contributed by atoms with Crippen LogP contribution in [0.15, 0.2) is 33.6 Å². The van der Waals surface area contributed by atoms with Gasteiger partial charge >= 0.3 is 0 Å². The molecule has 0 amide bonds. The largest absolute Gasteiger partial charge is 0.381 e. The summed E-state index contributed by atoms with van der Waals surface area (Å²) in [6, 6.07) is 6.89. The fourth-order valence-corrected chi connectivity index (χ4v) is 4.27. The minimum Gasteiger partial charge on any atom is -0.381 e. The third kappa shape index (κ3) is 3.53. The van der Waals surface area contributed by atoms with E-state index in [1.165, 1.54) is 0 Å². The van der Waals surface area contributed by atoms with E-state index >= 15 is 0 Å². The summed E-state index contributed by atoms with van der Waals surface area (Å²) in [5.41, 5.74) is 0. The lowest BCUT2D eigenvalue weighted by atomic mass is 10.0. The Hall–Kier alpha value is -0.390. The maximum atomic E-state index is 12.2. The SMILES string of the molecule is O=S(=O)(CC1CCOCC1)c1cccc(Br)c1. The Morgan fingerprint density at radius 3 is 2.65 bits per heavy atom. The van der Waals surface area contributed by atoms with Crippen molar-refractivity contribution >= 4 is 25.8 Å². The van der Waals surface area contributed by atoms with E-state index in [0.29, 0.717) is 18.1 Å². The molecule has 94 valence electrons. The van der Waals surface area contributed by atoms with Crippen LogP contribution >= 0.6 is 15.9 Å². The van der Waals surface area contributed by atoms with Crippen molar-refractivity contribution in [1.29, 1.82) is 0 Å². The lowest BCUT2D eigenvalue weighted by Crippen LogP contribution is -2.23. The molecule has 1 heterocycles. The molecule has 1 aliphatic heterocycles. The van der Waals surface area contributed by atoms with Crippen molar-refractivity contribution < 1.29 is 13.2 Å². The molecule has 1 saturated heterocycles. The van der Waals surface area contributed by atoms with Crippen LogP contribution in [0, 0.1) is 5.92 Å². The molecule has 1 fully saturated rings. The van der Waals surface area contributed by atoms with Gasteiger partial charge in [-0.25, -0.2) is 8.42 Å². The molecule has 0 unspecified atom stereocenters. The smallest absolute Gasteiger partial charge is 0.178 e. The molecule has 2 rings (SSSR count). The van der Waals surface area contributed by atoms with Gasteiger partial charge in [-0.1, -0.05) is 22.0 Å². The summed E-state index contributed by atoms with van der Waals surface area (Å²) in [5.74, 6) is 0.458. The molecule has 0 aliphatic carbocycles. The lowest BCUT2D eigenvalue weighted by Gasteiger charge is -2.21. The lowest BCUT2D eigenvalue weighted by molar-refractivity contribution is 0.0723. The Bertz CT molecular complexity index is 478. The third-order valence-corrected chi connectivity index (χ3v) is 5.33. The number of sulfone groups is 1. The number of hydrogen-bond acceptors (Lipinski definition) is 3. The molecule has 0 atom stereocenters. The summed E-state index contributed by atoms with van der Waals surface area (Å²) in [5, 5.41) is 0.